The first kappa shape index (κ1) is 21.9. The number of aromatic amines is 1. The van der Waals surface area contributed by atoms with E-state index >= 15 is 0 Å². The summed E-state index contributed by atoms with van der Waals surface area (Å²) in [6.45, 7) is 4.15. The fourth-order valence-corrected chi connectivity index (χ4v) is 5.90. The van der Waals surface area contributed by atoms with Crippen LogP contribution in [-0.2, 0) is 10.0 Å². The highest BCUT2D eigenvalue weighted by Gasteiger charge is 2.36. The van der Waals surface area contributed by atoms with Crippen LogP contribution in [0.3, 0.4) is 0 Å². The van der Waals surface area contributed by atoms with Crippen molar-refractivity contribution in [3.05, 3.63) is 52.6 Å². The van der Waals surface area contributed by atoms with Crippen LogP contribution in [0.15, 0.2) is 57.6 Å². The Hall–Kier alpha value is -3.31. The lowest BCUT2D eigenvalue weighted by atomic mass is 9.94. The number of benzene rings is 2. The van der Waals surface area contributed by atoms with Gasteiger partial charge in [-0.25, -0.2) is 8.42 Å². The van der Waals surface area contributed by atoms with Crippen molar-refractivity contribution in [2.75, 3.05) is 6.54 Å². The molecule has 1 aliphatic heterocycles. The fraction of sp³-hybridized carbons (Fsp3) is 0.333. The second-order valence-electron chi connectivity index (χ2n) is 7.95. The van der Waals surface area contributed by atoms with Crippen molar-refractivity contribution >= 4 is 38.0 Å². The molecule has 1 aliphatic rings. The number of hydrogen-bond donors (Lipinski definition) is 2. The van der Waals surface area contributed by atoms with Crippen molar-refractivity contribution in [1.29, 1.82) is 0 Å². The molecule has 0 aliphatic carbocycles. The molecule has 0 unspecified atom stereocenters. The van der Waals surface area contributed by atoms with Crippen LogP contribution in [0.25, 0.3) is 10.9 Å². The summed E-state index contributed by atoms with van der Waals surface area (Å²) >= 11 is 0. The van der Waals surface area contributed by atoms with E-state index in [0.29, 0.717) is 23.9 Å². The maximum Gasteiger partial charge on any atom is 0.270 e. The monoisotopic (exact) mass is 457 g/mol. The molecule has 168 valence electrons. The molecule has 0 saturated carbocycles. The molecule has 3 aromatic rings. The summed E-state index contributed by atoms with van der Waals surface area (Å²) in [6, 6.07) is 10.3. The molecular formula is C21H23N5O5S. The Morgan fingerprint density at radius 3 is 2.69 bits per heavy atom. The molecule has 0 bridgehead atoms. The number of piperidine rings is 1. The molecule has 10 nitrogen and oxygen atoms in total. The predicted molar refractivity (Wildman–Crippen MR) is 119 cm³/mol. The van der Waals surface area contributed by atoms with Gasteiger partial charge in [0.2, 0.25) is 15.9 Å². The molecule has 2 atom stereocenters. The third kappa shape index (κ3) is 3.84. The zero-order valence-corrected chi connectivity index (χ0v) is 18.4. The lowest BCUT2D eigenvalue weighted by Crippen LogP contribution is -2.45. The lowest BCUT2D eigenvalue weighted by Gasteiger charge is -2.36. The molecule has 11 heteroatoms. The summed E-state index contributed by atoms with van der Waals surface area (Å²) < 4.78 is 28.4. The van der Waals surface area contributed by atoms with Crippen LogP contribution in [0.1, 0.15) is 26.7 Å². The van der Waals surface area contributed by atoms with Crippen LogP contribution >= 0.6 is 0 Å². The topological polar surface area (TPSA) is 141 Å². The van der Waals surface area contributed by atoms with Crippen molar-refractivity contribution in [3.8, 4) is 5.88 Å². The van der Waals surface area contributed by atoms with E-state index in [1.54, 1.807) is 24.3 Å². The number of nitro groups is 1. The molecule has 4 rings (SSSR count). The van der Waals surface area contributed by atoms with E-state index in [9.17, 15) is 23.6 Å². The maximum atomic E-state index is 13.5. The third-order valence-electron chi connectivity index (χ3n) is 5.97. The quantitative estimate of drug-likeness (QED) is 0.315. The number of non-ortho nitro benzene ring substituents is 1. The fourth-order valence-electron chi connectivity index (χ4n) is 3.99. The van der Waals surface area contributed by atoms with E-state index in [1.807, 2.05) is 13.8 Å². The van der Waals surface area contributed by atoms with Gasteiger partial charge in [-0.1, -0.05) is 25.1 Å². The summed E-state index contributed by atoms with van der Waals surface area (Å²) in [7, 11) is -4.07. The first-order valence-corrected chi connectivity index (χ1v) is 11.7. The van der Waals surface area contributed by atoms with Crippen LogP contribution in [0.2, 0.25) is 0 Å². The Balaban J connectivity index is 1.82. The number of azo groups is 1. The van der Waals surface area contributed by atoms with Gasteiger partial charge in [-0.2, -0.15) is 4.31 Å². The molecular weight excluding hydrogens is 434 g/mol. The van der Waals surface area contributed by atoms with Crippen LogP contribution in [0.4, 0.5) is 17.1 Å². The molecule has 1 saturated heterocycles. The average molecular weight is 458 g/mol. The van der Waals surface area contributed by atoms with Crippen LogP contribution in [-0.4, -0.2) is 40.3 Å². The van der Waals surface area contributed by atoms with Gasteiger partial charge >= 0.3 is 0 Å². The molecule has 0 amide bonds. The molecule has 1 aromatic heterocycles. The Morgan fingerprint density at radius 1 is 1.19 bits per heavy atom. The molecule has 2 N–H and O–H groups in total. The van der Waals surface area contributed by atoms with E-state index in [1.165, 1.54) is 16.4 Å². The number of H-pyrrole nitrogens is 1. The first-order valence-electron chi connectivity index (χ1n) is 10.2. The second kappa shape index (κ2) is 8.32. The number of nitrogens with zero attached hydrogens (tertiary/aromatic N) is 4. The summed E-state index contributed by atoms with van der Waals surface area (Å²) in [5, 5.41) is 30.3. The summed E-state index contributed by atoms with van der Waals surface area (Å²) in [5.74, 6) is -0.0507. The first-order chi connectivity index (χ1) is 15.2. The number of nitro benzene ring substituents is 1. The Labute approximate surface area is 184 Å². The molecule has 2 heterocycles. The van der Waals surface area contributed by atoms with Crippen molar-refractivity contribution in [2.45, 2.75) is 37.6 Å². The van der Waals surface area contributed by atoms with E-state index in [4.69, 9.17) is 0 Å². The summed E-state index contributed by atoms with van der Waals surface area (Å²) in [6.07, 6.45) is 1.62. The second-order valence-corrected chi connectivity index (χ2v) is 9.81. The standard InChI is InChI=1S/C21H23N5O5S/c1-13-6-5-11-25(14(13)2)32(30,31)19-12-15(26(28)29)9-10-18(19)23-24-20-16-7-3-4-8-17(16)22-21(20)27/h3-4,7-10,12-14,22,27H,5-6,11H2,1-2H3/t13-,14-/m1/s1. The number of nitrogens with one attached hydrogen (secondary N) is 1. The van der Waals surface area contributed by atoms with Crippen molar-refractivity contribution in [1.82, 2.24) is 9.29 Å². The number of hydrogen-bond acceptors (Lipinski definition) is 7. The Morgan fingerprint density at radius 2 is 1.94 bits per heavy atom. The van der Waals surface area contributed by atoms with Crippen molar-refractivity contribution in [2.24, 2.45) is 16.1 Å². The van der Waals surface area contributed by atoms with Gasteiger partial charge < -0.3 is 10.1 Å². The van der Waals surface area contributed by atoms with Crippen LogP contribution < -0.4 is 0 Å². The SMILES string of the molecule is C[C@@H]1CCCN(S(=O)(=O)c2cc([N+](=O)[O-])ccc2N=Nc2c(O)[nH]c3ccccc23)[C@@H]1C. The Bertz CT molecular complexity index is 1320. The predicted octanol–water partition coefficient (Wildman–Crippen LogP) is 5.01. The Kier molecular flexibility index (Phi) is 5.70. The number of para-hydroxylation sites is 1. The van der Waals surface area contributed by atoms with Gasteiger partial charge in [-0.05, 0) is 37.8 Å². The highest BCUT2D eigenvalue weighted by Crippen LogP contribution is 2.39. The zero-order valence-electron chi connectivity index (χ0n) is 17.6. The number of aromatic nitrogens is 1. The molecule has 1 fully saturated rings. The minimum absolute atomic E-state index is 0.0364. The van der Waals surface area contributed by atoms with Crippen LogP contribution in [0, 0.1) is 16.0 Å². The summed E-state index contributed by atoms with van der Waals surface area (Å²) in [4.78, 5) is 13.2. The van der Waals surface area contributed by atoms with E-state index in [2.05, 4.69) is 15.2 Å². The molecule has 32 heavy (non-hydrogen) atoms. The van der Waals surface area contributed by atoms with Crippen molar-refractivity contribution in [3.63, 3.8) is 0 Å². The number of fused-ring (bicyclic) bond motifs is 1. The summed E-state index contributed by atoms with van der Waals surface area (Å²) in [5.41, 5.74) is 0.412. The molecule has 0 radical (unpaired) electrons. The number of rotatable bonds is 5. The van der Waals surface area contributed by atoms with Gasteiger partial charge in [-0.3, -0.25) is 10.1 Å². The lowest BCUT2D eigenvalue weighted by molar-refractivity contribution is -0.385. The van der Waals surface area contributed by atoms with E-state index in [0.717, 1.165) is 12.5 Å². The van der Waals surface area contributed by atoms with E-state index in [-0.39, 0.29) is 39.8 Å². The van der Waals surface area contributed by atoms with Gasteiger partial charge in [0, 0.05) is 30.1 Å². The zero-order chi connectivity index (χ0) is 23.0. The van der Waals surface area contributed by atoms with Gasteiger partial charge in [0.15, 0.2) is 5.69 Å². The smallest absolute Gasteiger partial charge is 0.270 e. The number of aromatic hydroxyl groups is 1. The van der Waals surface area contributed by atoms with Gasteiger partial charge in [-0.15, -0.1) is 10.2 Å². The normalized spacial score (nSPS) is 20.2. The van der Waals surface area contributed by atoms with Gasteiger partial charge in [0.1, 0.15) is 10.6 Å². The minimum atomic E-state index is -4.07. The highest BCUT2D eigenvalue weighted by molar-refractivity contribution is 7.89. The average Bonchev–Trinajstić information content (AvgIpc) is 3.08. The molecule has 2 aromatic carbocycles. The largest absolute Gasteiger partial charge is 0.493 e. The number of sulfonamides is 1. The van der Waals surface area contributed by atoms with Crippen LogP contribution in [0.5, 0.6) is 5.88 Å². The molecule has 0 spiro atoms. The maximum absolute atomic E-state index is 13.5. The third-order valence-corrected chi connectivity index (χ3v) is 7.99. The minimum Gasteiger partial charge on any atom is -0.493 e. The van der Waals surface area contributed by atoms with Crippen molar-refractivity contribution < 1.29 is 18.4 Å². The van der Waals surface area contributed by atoms with Gasteiger partial charge in [0.05, 0.1) is 10.4 Å². The highest BCUT2D eigenvalue weighted by atomic mass is 32.2. The van der Waals surface area contributed by atoms with E-state index < -0.39 is 14.9 Å². The van der Waals surface area contributed by atoms with Gasteiger partial charge in [0.25, 0.3) is 5.69 Å².